The maximum absolute atomic E-state index is 11.1. The highest BCUT2D eigenvalue weighted by Crippen LogP contribution is 2.11. The molecule has 32 heteroatoms. The molecule has 0 aromatic carbocycles. The van der Waals surface area contributed by atoms with Gasteiger partial charge in [0.05, 0.1) is 50.5 Å². The molecule has 0 spiro atoms. The lowest BCUT2D eigenvalue weighted by atomic mass is 8.40. The molecule has 12 nitrogen and oxygen atoms in total. The number of carbonyl (C=O) groups is 7. The SMILES string of the molecule is C=C=C=C=C=C=C=C=C=C=C=C=C=C=C=C=C=C=C.CC(=O)CBr.CC(=O)CC(=O)CCOCCC(=O)CC(C)=O.CC(=O)C[C@H](C)CCOCC[C@@H](C)CC(C)=O.[B][B]B([B])B(B(B([B])[B])B([B])[B])B(B([B])[B])B([B])[B].[C-]#[N+]CCOCCC#N. The molecule has 0 amide bonds. The first kappa shape index (κ1) is 91.4. The summed E-state index contributed by atoms with van der Waals surface area (Å²) in [6, 6.07) is 1.94. The zero-order valence-electron chi connectivity index (χ0n) is 50.9. The molecule has 0 bridgehead atoms. The van der Waals surface area contributed by atoms with Crippen LogP contribution in [0.3, 0.4) is 0 Å². The second kappa shape index (κ2) is 66.8. The Morgan fingerprint density at radius 1 is 0.512 bits per heavy atom. The van der Waals surface area contributed by atoms with E-state index < -0.39 is 51.1 Å². The van der Waals surface area contributed by atoms with E-state index in [1.165, 1.54) is 27.8 Å². The lowest BCUT2D eigenvalue weighted by molar-refractivity contribution is -0.127. The summed E-state index contributed by atoms with van der Waals surface area (Å²) in [6.07, 6.45) is -1.92. The molecule has 0 aliphatic rings. The number of alkyl halides is 1. The Morgan fingerprint density at radius 3 is 1.06 bits per heavy atom. The van der Waals surface area contributed by atoms with Crippen molar-refractivity contribution in [2.75, 3.05) is 51.5 Å². The molecular formula is C54H61B19BrN2O10. The van der Waals surface area contributed by atoms with Crippen molar-refractivity contribution in [1.29, 1.82) is 5.26 Å². The van der Waals surface area contributed by atoms with Crippen molar-refractivity contribution in [3.05, 3.63) is 122 Å². The van der Waals surface area contributed by atoms with Gasteiger partial charge in [0.25, 0.3) is 0 Å². The summed E-state index contributed by atoms with van der Waals surface area (Å²) in [6.45, 7) is 27.7. The molecule has 0 aliphatic heterocycles. The first-order valence-electron chi connectivity index (χ1n) is 26.7. The van der Waals surface area contributed by atoms with Gasteiger partial charge in [0.15, 0.2) is 0 Å². The molecule has 86 heavy (non-hydrogen) atoms. The maximum atomic E-state index is 11.1. The van der Waals surface area contributed by atoms with Crippen LogP contribution in [0.1, 0.15) is 106 Å². The molecule has 0 aliphatic carbocycles. The van der Waals surface area contributed by atoms with Gasteiger partial charge in [-0.2, -0.15) is 5.26 Å². The van der Waals surface area contributed by atoms with Crippen molar-refractivity contribution < 1.29 is 47.8 Å². The molecule has 0 saturated heterocycles. The molecule has 0 aromatic heterocycles. The van der Waals surface area contributed by atoms with E-state index >= 15 is 0 Å². The van der Waals surface area contributed by atoms with Gasteiger partial charge in [0.1, 0.15) is 47.1 Å². The van der Waals surface area contributed by atoms with Crippen LogP contribution in [0.25, 0.3) is 4.85 Å². The van der Waals surface area contributed by atoms with Crippen molar-refractivity contribution in [2.45, 2.75) is 106 Å². The molecule has 0 fully saturated rings. The molecule has 0 unspecified atom stereocenters. The topological polar surface area (TPSA) is 175 Å². The number of hydrogen-bond donors (Lipinski definition) is 0. The lowest BCUT2D eigenvalue weighted by Crippen LogP contribution is -2.79. The summed E-state index contributed by atoms with van der Waals surface area (Å²) >= 11 is 2.96. The van der Waals surface area contributed by atoms with Gasteiger partial charge in [-0.25, -0.2) is 6.57 Å². The second-order valence-corrected chi connectivity index (χ2v) is 19.0. The number of nitriles is 1. The minimum atomic E-state index is -0.837. The lowest BCUT2D eigenvalue weighted by Gasteiger charge is -2.41. The molecule has 0 saturated carbocycles. The van der Waals surface area contributed by atoms with Gasteiger partial charge in [0, 0.05) is 174 Å². The monoisotopic (exact) mass is 1190 g/mol. The van der Waals surface area contributed by atoms with Crippen molar-refractivity contribution in [2.24, 2.45) is 11.8 Å². The molecular weight excluding hydrogens is 1120 g/mol. The van der Waals surface area contributed by atoms with Gasteiger partial charge in [-0.15, -0.1) is 0 Å². The number of nitrogens with zero attached hydrogens (tertiary/aromatic N) is 2. The smallest absolute Gasteiger partial charge is 0.237 e. The fourth-order valence-corrected chi connectivity index (χ4v) is 6.33. The minimum Gasteiger partial charge on any atom is -0.381 e. The highest BCUT2D eigenvalue weighted by Gasteiger charge is 2.42. The summed E-state index contributed by atoms with van der Waals surface area (Å²) < 4.78 is 15.5. The number of halogens is 1. The Labute approximate surface area is 539 Å². The third kappa shape index (κ3) is 72.5. The zero-order valence-corrected chi connectivity index (χ0v) is 52.5. The van der Waals surface area contributed by atoms with Crippen LogP contribution in [-0.2, 0) is 47.8 Å². The third-order valence-electron chi connectivity index (χ3n) is 10.0. The van der Waals surface area contributed by atoms with E-state index in [9.17, 15) is 33.6 Å². The molecule has 0 rings (SSSR count). The highest BCUT2D eigenvalue weighted by molar-refractivity contribution is 9.09. The van der Waals surface area contributed by atoms with E-state index in [-0.39, 0.29) is 79.4 Å². The summed E-state index contributed by atoms with van der Waals surface area (Å²) in [7, 11) is 58.4. The van der Waals surface area contributed by atoms with Crippen LogP contribution in [0.2, 0.25) is 0 Å². The standard InChI is InChI=1S/C19H4.C14H26O3.C12H18O5.C6H8N2O.C3H5BrO.B19/c1-3-5-7-9-11-13-15-17-19-18-16-14-12-10-8-6-4-2;1-11(9-13(3)15)5-7-17-8-6-12(2)10-14(4)16;1-9(13)7-11(15)3-5-17-6-4-12(16)8-10(2)14;1-8-4-6-9-5-2-3-7;1-3(5)2-4;1-11-16(10)19(17(12(2)3)13(4)5)18(14(6)7)15(8)9/h1-2H2;11-12H,5-10H2,1-4H3;3-8H2,1-2H3;2,4-6H2;2H2,1H3;/t;11-,12-;;;;/m.1..../s1. The Hall–Kier alpha value is -5.74. The molecule has 411 valence electrons. The number of hydrogen-bond acceptors (Lipinski definition) is 11. The van der Waals surface area contributed by atoms with E-state index in [1.807, 2.05) is 6.07 Å². The van der Waals surface area contributed by atoms with Crippen molar-refractivity contribution >= 4 is 192 Å². The number of ketones is 7. The number of carbonyl (C=O) groups excluding carboxylic acids is 7. The van der Waals surface area contributed by atoms with E-state index in [4.69, 9.17) is 103 Å². The largest absolute Gasteiger partial charge is 0.381 e. The average Bonchev–Trinajstić information content (AvgIpc) is 1.61. The van der Waals surface area contributed by atoms with Crippen LogP contribution in [0.4, 0.5) is 0 Å². The Balaban J connectivity index is -0.000000231. The minimum absolute atomic E-state index is 0.0629. The Bertz CT molecular complexity index is 2640. The number of rotatable bonds is 33. The van der Waals surface area contributed by atoms with Crippen LogP contribution >= 0.6 is 15.9 Å². The Morgan fingerprint density at radius 2 is 0.814 bits per heavy atom. The van der Waals surface area contributed by atoms with Crippen molar-refractivity contribution in [3.63, 3.8) is 0 Å². The van der Waals surface area contributed by atoms with E-state index in [0.717, 1.165) is 12.8 Å². The predicted octanol–water partition coefficient (Wildman–Crippen LogP) is 1.90. The summed E-state index contributed by atoms with van der Waals surface area (Å²) in [5.41, 5.74) is 41.9. The molecule has 0 N–H and O–H groups in total. The molecule has 0 aromatic rings. The van der Waals surface area contributed by atoms with Gasteiger partial charge in [-0.05, 0) is 158 Å². The maximum Gasteiger partial charge on any atom is 0.237 e. The van der Waals surface area contributed by atoms with E-state index in [1.54, 1.807) is 13.8 Å². The van der Waals surface area contributed by atoms with Crippen molar-refractivity contribution in [1.82, 2.24) is 0 Å². The molecule has 0 heterocycles. The first-order valence-corrected chi connectivity index (χ1v) is 27.8. The summed E-state index contributed by atoms with van der Waals surface area (Å²) in [5, 5.41) is 8.51. The van der Waals surface area contributed by atoms with Crippen LogP contribution in [-0.4, -0.2) is 228 Å². The second-order valence-electron chi connectivity index (χ2n) is 18.4. The van der Waals surface area contributed by atoms with Crippen LogP contribution in [0.5, 0.6) is 0 Å². The number of ether oxygens (including phenoxy) is 3. The fourth-order valence-electron chi connectivity index (χ4n) is 6.33. The van der Waals surface area contributed by atoms with Gasteiger partial charge in [0.2, 0.25) is 6.54 Å². The molecule has 21 radical (unpaired) electrons. The van der Waals surface area contributed by atoms with E-state index in [2.05, 4.69) is 145 Å². The quantitative estimate of drug-likeness (QED) is 0.0235. The van der Waals surface area contributed by atoms with Gasteiger partial charge >= 0.3 is 0 Å². The summed E-state index contributed by atoms with van der Waals surface area (Å²) in [5.74, 6) is 0.827. The third-order valence-corrected chi connectivity index (χ3v) is 10.8. The van der Waals surface area contributed by atoms with Crippen LogP contribution in [0, 0.1) is 29.7 Å². The average molecular weight is 1180 g/mol. The Kier molecular flexibility index (Phi) is 71.0. The predicted molar refractivity (Wildman–Crippen MR) is 367 cm³/mol. The zero-order chi connectivity index (χ0) is 67.1. The normalized spacial score (nSPS) is 8.91. The first-order chi connectivity index (χ1) is 40.6. The van der Waals surface area contributed by atoms with Crippen LogP contribution in [0.15, 0.2) is 111 Å². The van der Waals surface area contributed by atoms with Gasteiger partial charge < -0.3 is 28.6 Å². The van der Waals surface area contributed by atoms with Gasteiger partial charge in [-0.1, -0.05) is 41.2 Å². The molecule has 2 atom stereocenters. The fraction of sp³-hybridized carbons (Fsp3) is 0.481. The van der Waals surface area contributed by atoms with Gasteiger partial charge in [-0.3, -0.25) is 24.0 Å². The number of Topliss-reactive ketones (excluding diaryl/α,β-unsaturated/α-hetero) is 7. The van der Waals surface area contributed by atoms with Crippen LogP contribution < -0.4 is 0 Å². The van der Waals surface area contributed by atoms with Crippen molar-refractivity contribution in [3.8, 4) is 6.07 Å². The summed E-state index contributed by atoms with van der Waals surface area (Å²) in [4.78, 5) is 77.9. The highest BCUT2D eigenvalue weighted by atomic mass is 79.9. The van der Waals surface area contributed by atoms with E-state index in [0.29, 0.717) is 69.4 Å².